The average molecular weight is 410 g/mol. The summed E-state index contributed by atoms with van der Waals surface area (Å²) in [5.74, 6) is 0. The lowest BCUT2D eigenvalue weighted by Crippen LogP contribution is -1.85. The summed E-state index contributed by atoms with van der Waals surface area (Å²) in [6, 6.07) is 23.3. The van der Waals surface area contributed by atoms with Crippen LogP contribution in [0.5, 0.6) is 0 Å². The minimum atomic E-state index is 1.09. The Morgan fingerprint density at radius 3 is 1.74 bits per heavy atom. The summed E-state index contributed by atoms with van der Waals surface area (Å²) in [6.45, 7) is 10.2. The molecule has 2 aromatic carbocycles. The monoisotopic (exact) mass is 409 g/mol. The standard InChI is InChI=1S/C14H13N.2C7H9N/c1-10-7-8-14-12(9-10)11-5-3-4-6-13(11)15(14)2;1-6-3-7(2)5-8-4-6;1-6-4-3-5-7(2)8-6/h3-9H,1-2H3;2*3-5H,1-2H3. The first-order valence-corrected chi connectivity index (χ1v) is 10.6. The van der Waals surface area contributed by atoms with Crippen molar-refractivity contribution in [1.82, 2.24) is 14.5 Å². The fourth-order valence-electron chi connectivity index (χ4n) is 3.67. The first-order chi connectivity index (χ1) is 14.8. The number of aromatic nitrogens is 3. The Labute approximate surface area is 185 Å². The second-order valence-corrected chi connectivity index (χ2v) is 8.06. The van der Waals surface area contributed by atoms with Crippen molar-refractivity contribution in [1.29, 1.82) is 0 Å². The summed E-state index contributed by atoms with van der Waals surface area (Å²) in [7, 11) is 2.12. The van der Waals surface area contributed by atoms with Gasteiger partial charge in [0.25, 0.3) is 0 Å². The number of para-hydroxylation sites is 1. The van der Waals surface area contributed by atoms with Crippen molar-refractivity contribution in [3.63, 3.8) is 0 Å². The number of fused-ring (bicyclic) bond motifs is 3. The van der Waals surface area contributed by atoms with Crippen molar-refractivity contribution in [2.75, 3.05) is 0 Å². The Morgan fingerprint density at radius 2 is 1.19 bits per heavy atom. The molecule has 0 radical (unpaired) electrons. The van der Waals surface area contributed by atoms with Gasteiger partial charge in [0.2, 0.25) is 0 Å². The minimum Gasteiger partial charge on any atom is -0.344 e. The molecule has 0 aliphatic heterocycles. The molecular formula is C28H31N3. The zero-order chi connectivity index (χ0) is 22.4. The van der Waals surface area contributed by atoms with Gasteiger partial charge in [-0.25, -0.2) is 0 Å². The van der Waals surface area contributed by atoms with Crippen molar-refractivity contribution >= 4 is 21.8 Å². The van der Waals surface area contributed by atoms with Crippen LogP contribution >= 0.6 is 0 Å². The highest BCUT2D eigenvalue weighted by molar-refractivity contribution is 6.08. The summed E-state index contributed by atoms with van der Waals surface area (Å²) in [6.07, 6.45) is 3.71. The predicted octanol–water partition coefficient (Wildman–Crippen LogP) is 7.04. The van der Waals surface area contributed by atoms with Crippen molar-refractivity contribution in [2.24, 2.45) is 7.05 Å². The van der Waals surface area contributed by atoms with Gasteiger partial charge in [0.1, 0.15) is 0 Å². The summed E-state index contributed by atoms with van der Waals surface area (Å²) in [5, 5.41) is 2.70. The maximum Gasteiger partial charge on any atom is 0.0488 e. The molecule has 0 spiro atoms. The van der Waals surface area contributed by atoms with E-state index in [1.165, 1.54) is 38.5 Å². The quantitative estimate of drug-likeness (QED) is 0.275. The molecule has 0 aliphatic carbocycles. The van der Waals surface area contributed by atoms with Gasteiger partial charge in [-0.15, -0.1) is 0 Å². The van der Waals surface area contributed by atoms with Gasteiger partial charge < -0.3 is 4.57 Å². The lowest BCUT2D eigenvalue weighted by atomic mass is 10.1. The van der Waals surface area contributed by atoms with Gasteiger partial charge in [-0.3, -0.25) is 9.97 Å². The fraction of sp³-hybridized carbons (Fsp3) is 0.214. The van der Waals surface area contributed by atoms with Crippen LogP contribution in [0.1, 0.15) is 28.1 Å². The van der Waals surface area contributed by atoms with Gasteiger partial charge in [-0.05, 0) is 76.1 Å². The van der Waals surface area contributed by atoms with Gasteiger partial charge in [0, 0.05) is 52.6 Å². The molecule has 0 N–H and O–H groups in total. The van der Waals surface area contributed by atoms with E-state index in [-0.39, 0.29) is 0 Å². The topological polar surface area (TPSA) is 30.7 Å². The van der Waals surface area contributed by atoms with Crippen molar-refractivity contribution in [3.05, 3.63) is 107 Å². The fourth-order valence-corrected chi connectivity index (χ4v) is 3.67. The molecule has 0 fully saturated rings. The Bertz CT molecular complexity index is 1220. The van der Waals surface area contributed by atoms with E-state index < -0.39 is 0 Å². The maximum atomic E-state index is 4.17. The number of aryl methyl sites for hydroxylation is 6. The van der Waals surface area contributed by atoms with Crippen LogP contribution in [-0.4, -0.2) is 14.5 Å². The van der Waals surface area contributed by atoms with Crippen molar-refractivity contribution in [2.45, 2.75) is 34.6 Å². The number of rotatable bonds is 0. The van der Waals surface area contributed by atoms with Gasteiger partial charge in [0.05, 0.1) is 0 Å². The third-order valence-electron chi connectivity index (χ3n) is 5.11. The molecule has 0 saturated carbocycles. The van der Waals surface area contributed by atoms with E-state index in [9.17, 15) is 0 Å². The SMILES string of the molecule is Cc1ccc2c(c1)c1ccccc1n2C.Cc1cccc(C)n1.Cc1cncc(C)c1. The van der Waals surface area contributed by atoms with Crippen LogP contribution < -0.4 is 0 Å². The highest BCUT2D eigenvalue weighted by atomic mass is 14.9. The number of hydrogen-bond acceptors (Lipinski definition) is 2. The van der Waals surface area contributed by atoms with Gasteiger partial charge >= 0.3 is 0 Å². The second-order valence-electron chi connectivity index (χ2n) is 8.06. The first kappa shape index (κ1) is 22.2. The first-order valence-electron chi connectivity index (χ1n) is 10.6. The third-order valence-corrected chi connectivity index (χ3v) is 5.11. The molecular weight excluding hydrogens is 378 g/mol. The molecule has 158 valence electrons. The van der Waals surface area contributed by atoms with Crippen LogP contribution in [0.4, 0.5) is 0 Å². The molecule has 0 saturated heterocycles. The molecule has 0 bridgehead atoms. The Balaban J connectivity index is 0.000000145. The number of pyridine rings is 2. The van der Waals surface area contributed by atoms with E-state index in [4.69, 9.17) is 0 Å². The van der Waals surface area contributed by atoms with E-state index in [1.807, 2.05) is 58.3 Å². The minimum absolute atomic E-state index is 1.09. The zero-order valence-corrected chi connectivity index (χ0v) is 19.3. The van der Waals surface area contributed by atoms with E-state index >= 15 is 0 Å². The Hall–Kier alpha value is -3.46. The summed E-state index contributed by atoms with van der Waals surface area (Å²) in [5.41, 5.74) is 8.56. The van der Waals surface area contributed by atoms with E-state index in [1.54, 1.807) is 0 Å². The van der Waals surface area contributed by atoms with Crippen molar-refractivity contribution < 1.29 is 0 Å². The highest BCUT2D eigenvalue weighted by Crippen LogP contribution is 2.28. The molecule has 5 rings (SSSR count). The van der Waals surface area contributed by atoms with Crippen LogP contribution in [0, 0.1) is 34.6 Å². The summed E-state index contributed by atoms with van der Waals surface area (Å²) < 4.78 is 2.25. The molecule has 0 amide bonds. The number of nitrogens with zero attached hydrogens (tertiary/aromatic N) is 3. The Kier molecular flexibility index (Phi) is 7.19. The largest absolute Gasteiger partial charge is 0.344 e. The molecule has 3 heteroatoms. The number of benzene rings is 2. The van der Waals surface area contributed by atoms with E-state index in [0.717, 1.165) is 11.4 Å². The Morgan fingerprint density at radius 1 is 0.581 bits per heavy atom. The normalized spacial score (nSPS) is 10.3. The molecule has 0 aliphatic rings. The van der Waals surface area contributed by atoms with Crippen LogP contribution in [-0.2, 0) is 7.05 Å². The van der Waals surface area contributed by atoms with Gasteiger partial charge in [-0.2, -0.15) is 0 Å². The molecule has 0 unspecified atom stereocenters. The molecule has 0 atom stereocenters. The molecule has 5 aromatic rings. The third kappa shape index (κ3) is 5.79. The number of hydrogen-bond donors (Lipinski definition) is 0. The van der Waals surface area contributed by atoms with E-state index in [0.29, 0.717) is 0 Å². The lowest BCUT2D eigenvalue weighted by molar-refractivity contribution is 1.01. The molecule has 31 heavy (non-hydrogen) atoms. The van der Waals surface area contributed by atoms with Gasteiger partial charge in [-0.1, -0.05) is 42.0 Å². The predicted molar refractivity (Wildman–Crippen MR) is 133 cm³/mol. The average Bonchev–Trinajstić information content (AvgIpc) is 3.01. The second kappa shape index (κ2) is 10.0. The molecule has 3 nitrogen and oxygen atoms in total. The van der Waals surface area contributed by atoms with Crippen LogP contribution in [0.15, 0.2) is 79.1 Å². The van der Waals surface area contributed by atoms with Crippen LogP contribution in [0.3, 0.4) is 0 Å². The maximum absolute atomic E-state index is 4.17. The summed E-state index contributed by atoms with van der Waals surface area (Å²) in [4.78, 5) is 8.16. The molecule has 3 aromatic heterocycles. The van der Waals surface area contributed by atoms with Crippen LogP contribution in [0.25, 0.3) is 21.8 Å². The lowest BCUT2D eigenvalue weighted by Gasteiger charge is -1.97. The smallest absolute Gasteiger partial charge is 0.0488 e. The van der Waals surface area contributed by atoms with Crippen molar-refractivity contribution in [3.8, 4) is 0 Å². The van der Waals surface area contributed by atoms with Crippen LogP contribution in [0.2, 0.25) is 0 Å². The summed E-state index contributed by atoms with van der Waals surface area (Å²) >= 11 is 0. The zero-order valence-electron chi connectivity index (χ0n) is 19.3. The van der Waals surface area contributed by atoms with E-state index in [2.05, 4.69) is 77.0 Å². The molecule has 3 heterocycles. The van der Waals surface area contributed by atoms with Gasteiger partial charge in [0.15, 0.2) is 0 Å². The highest BCUT2D eigenvalue weighted by Gasteiger charge is 2.06.